The van der Waals surface area contributed by atoms with Gasteiger partial charge in [-0.15, -0.1) is 0 Å². The number of benzene rings is 1. The van der Waals surface area contributed by atoms with Crippen LogP contribution in [0.1, 0.15) is 10.4 Å². The number of carbonyl (C=O) groups is 1. The highest BCUT2D eigenvalue weighted by atomic mass is 35.5. The number of ketones is 1. The number of hydrogen-bond acceptors (Lipinski definition) is 2. The summed E-state index contributed by atoms with van der Waals surface area (Å²) in [5.41, 5.74) is 0.0293. The van der Waals surface area contributed by atoms with Crippen molar-refractivity contribution in [3.63, 3.8) is 0 Å². The lowest BCUT2D eigenvalue weighted by atomic mass is 10.1. The Balaban J connectivity index is 3.38. The third kappa shape index (κ3) is 2.13. The second kappa shape index (κ2) is 3.97. The van der Waals surface area contributed by atoms with E-state index in [0.717, 1.165) is 0 Å². The van der Waals surface area contributed by atoms with E-state index in [0.29, 0.717) is 0 Å². The molecular weight excluding hydrogens is 232 g/mol. The molecule has 2 nitrogen and oxygen atoms in total. The molecule has 0 aromatic heterocycles. The number of halogens is 3. The summed E-state index contributed by atoms with van der Waals surface area (Å²) in [4.78, 5) is 11.0. The monoisotopic (exact) mass is 233 g/mol. The second-order valence-electron chi connectivity index (χ2n) is 2.19. The van der Waals surface area contributed by atoms with Gasteiger partial charge in [0.05, 0.1) is 15.6 Å². The summed E-state index contributed by atoms with van der Waals surface area (Å²) in [6.07, 6.45) is 0. The molecule has 0 radical (unpaired) electrons. The van der Waals surface area contributed by atoms with E-state index in [2.05, 4.69) is 0 Å². The predicted molar refractivity (Wildman–Crippen MR) is 51.4 cm³/mol. The van der Waals surface area contributed by atoms with Gasteiger partial charge in [-0.2, -0.15) is 5.26 Å². The Morgan fingerprint density at radius 1 is 1.31 bits per heavy atom. The van der Waals surface area contributed by atoms with Crippen LogP contribution in [-0.2, 0) is 0 Å². The van der Waals surface area contributed by atoms with E-state index in [1.165, 1.54) is 18.2 Å². The third-order valence-electron chi connectivity index (χ3n) is 1.34. The van der Waals surface area contributed by atoms with Crippen LogP contribution >= 0.6 is 34.8 Å². The first-order valence-electron chi connectivity index (χ1n) is 3.15. The molecule has 1 aromatic rings. The van der Waals surface area contributed by atoms with Gasteiger partial charge in [0.15, 0.2) is 0 Å². The maximum Gasteiger partial charge on any atom is 0.263 e. The van der Waals surface area contributed by atoms with Crippen LogP contribution in [0.2, 0.25) is 15.1 Å². The highest BCUT2D eigenvalue weighted by Crippen LogP contribution is 2.29. The van der Waals surface area contributed by atoms with Crippen LogP contribution in [0.3, 0.4) is 0 Å². The number of nitrogens with zero attached hydrogens (tertiary/aromatic N) is 1. The average Bonchev–Trinajstić information content (AvgIpc) is 2.10. The lowest BCUT2D eigenvalue weighted by Gasteiger charge is -2.00. The first-order valence-corrected chi connectivity index (χ1v) is 4.28. The molecule has 0 aliphatic carbocycles. The van der Waals surface area contributed by atoms with E-state index in [1.54, 1.807) is 0 Å². The van der Waals surface area contributed by atoms with Gasteiger partial charge in [-0.1, -0.05) is 34.8 Å². The molecule has 0 saturated carbocycles. The summed E-state index contributed by atoms with van der Waals surface area (Å²) in [6, 6.07) is 4.15. The molecule has 0 unspecified atom stereocenters. The topological polar surface area (TPSA) is 40.9 Å². The van der Waals surface area contributed by atoms with E-state index in [4.69, 9.17) is 40.1 Å². The number of nitriles is 1. The number of carbonyl (C=O) groups excluding carboxylic acids is 1. The van der Waals surface area contributed by atoms with E-state index in [9.17, 15) is 4.79 Å². The normalized spacial score (nSPS) is 9.38. The Hall–Kier alpha value is -0.750. The smallest absolute Gasteiger partial charge is 0.263 e. The molecule has 1 aromatic carbocycles. The molecule has 0 aliphatic heterocycles. The van der Waals surface area contributed by atoms with Crippen molar-refractivity contribution in [2.24, 2.45) is 0 Å². The Kier molecular flexibility index (Phi) is 3.16. The van der Waals surface area contributed by atoms with Crippen molar-refractivity contribution >= 4 is 40.6 Å². The first-order chi connectivity index (χ1) is 6.06. The molecule has 0 atom stereocenters. The molecule has 0 N–H and O–H groups in total. The van der Waals surface area contributed by atoms with Crippen molar-refractivity contribution in [3.8, 4) is 6.07 Å². The fourth-order valence-electron chi connectivity index (χ4n) is 0.781. The van der Waals surface area contributed by atoms with Crippen molar-refractivity contribution in [2.75, 3.05) is 0 Å². The van der Waals surface area contributed by atoms with Crippen LogP contribution in [0.5, 0.6) is 0 Å². The van der Waals surface area contributed by atoms with Gasteiger partial charge >= 0.3 is 0 Å². The molecule has 1 rings (SSSR count). The Morgan fingerprint density at radius 2 is 1.92 bits per heavy atom. The SMILES string of the molecule is N#CC(=O)c1cc(Cl)cc(Cl)c1Cl. The molecule has 13 heavy (non-hydrogen) atoms. The largest absolute Gasteiger partial charge is 0.277 e. The Labute approximate surface area is 89.6 Å². The zero-order chi connectivity index (χ0) is 10.0. The zero-order valence-electron chi connectivity index (χ0n) is 6.14. The minimum Gasteiger partial charge on any atom is -0.277 e. The lowest BCUT2D eigenvalue weighted by molar-refractivity contribution is 0.105. The van der Waals surface area contributed by atoms with Crippen LogP contribution in [-0.4, -0.2) is 5.78 Å². The van der Waals surface area contributed by atoms with Crippen LogP contribution in [0, 0.1) is 11.3 Å². The summed E-state index contributed by atoms with van der Waals surface area (Å²) in [5.74, 6) is -0.755. The zero-order valence-corrected chi connectivity index (χ0v) is 8.41. The Bertz CT molecular complexity index is 409. The van der Waals surface area contributed by atoms with Gasteiger partial charge < -0.3 is 0 Å². The molecular formula is C8H2Cl3NO. The average molecular weight is 234 g/mol. The third-order valence-corrected chi connectivity index (χ3v) is 2.36. The van der Waals surface area contributed by atoms with Crippen molar-refractivity contribution < 1.29 is 4.79 Å². The van der Waals surface area contributed by atoms with Gasteiger partial charge in [0.1, 0.15) is 6.07 Å². The molecule has 0 spiro atoms. The van der Waals surface area contributed by atoms with Crippen molar-refractivity contribution in [3.05, 3.63) is 32.8 Å². The molecule has 0 saturated heterocycles. The number of rotatable bonds is 1. The molecule has 0 fully saturated rings. The maximum atomic E-state index is 11.0. The highest BCUT2D eigenvalue weighted by Gasteiger charge is 2.13. The fraction of sp³-hybridized carbons (Fsp3) is 0. The van der Waals surface area contributed by atoms with Gasteiger partial charge in [-0.25, -0.2) is 0 Å². The van der Waals surface area contributed by atoms with Crippen molar-refractivity contribution in [1.82, 2.24) is 0 Å². The van der Waals surface area contributed by atoms with Gasteiger partial charge in [-0.05, 0) is 12.1 Å². The molecule has 0 amide bonds. The molecule has 5 heteroatoms. The minimum absolute atomic E-state index is 0.0293. The van der Waals surface area contributed by atoms with Crippen LogP contribution in [0.15, 0.2) is 12.1 Å². The molecule has 66 valence electrons. The van der Waals surface area contributed by atoms with Crippen LogP contribution < -0.4 is 0 Å². The van der Waals surface area contributed by atoms with Gasteiger partial charge in [0.25, 0.3) is 5.78 Å². The Morgan fingerprint density at radius 3 is 2.46 bits per heavy atom. The van der Waals surface area contributed by atoms with Gasteiger partial charge in [0.2, 0.25) is 0 Å². The molecule has 0 bridgehead atoms. The first kappa shape index (κ1) is 10.3. The van der Waals surface area contributed by atoms with E-state index >= 15 is 0 Å². The maximum absolute atomic E-state index is 11.0. The molecule has 0 aliphatic rings. The highest BCUT2D eigenvalue weighted by molar-refractivity contribution is 6.45. The second-order valence-corrected chi connectivity index (χ2v) is 3.41. The lowest BCUT2D eigenvalue weighted by Crippen LogP contribution is -1.96. The summed E-state index contributed by atoms with van der Waals surface area (Å²) >= 11 is 16.9. The van der Waals surface area contributed by atoms with Crippen LogP contribution in [0.4, 0.5) is 0 Å². The van der Waals surface area contributed by atoms with E-state index in [-0.39, 0.29) is 20.6 Å². The minimum atomic E-state index is -0.755. The summed E-state index contributed by atoms with van der Waals surface area (Å²) in [5, 5.41) is 8.83. The standard InChI is InChI=1S/C8H2Cl3NO/c9-4-1-5(7(13)3-12)8(11)6(10)2-4/h1-2H. The van der Waals surface area contributed by atoms with Crippen molar-refractivity contribution in [2.45, 2.75) is 0 Å². The van der Waals surface area contributed by atoms with E-state index < -0.39 is 5.78 Å². The summed E-state index contributed by atoms with van der Waals surface area (Å²) in [7, 11) is 0. The summed E-state index contributed by atoms with van der Waals surface area (Å²) in [6.45, 7) is 0. The van der Waals surface area contributed by atoms with Crippen molar-refractivity contribution in [1.29, 1.82) is 5.26 Å². The van der Waals surface area contributed by atoms with Crippen LogP contribution in [0.25, 0.3) is 0 Å². The quantitative estimate of drug-likeness (QED) is 0.425. The fourth-order valence-corrected chi connectivity index (χ4v) is 1.47. The number of Topliss-reactive ketones (excluding diaryl/α,β-unsaturated/α-hetero) is 1. The van der Waals surface area contributed by atoms with Gasteiger partial charge in [0, 0.05) is 5.02 Å². The van der Waals surface area contributed by atoms with E-state index in [1.807, 2.05) is 0 Å². The summed E-state index contributed by atoms with van der Waals surface area (Å²) < 4.78 is 0. The number of hydrogen-bond donors (Lipinski definition) is 0. The predicted octanol–water partition coefficient (Wildman–Crippen LogP) is 3.35. The molecule has 0 heterocycles. The van der Waals surface area contributed by atoms with Gasteiger partial charge in [-0.3, -0.25) is 4.79 Å².